The van der Waals surface area contributed by atoms with Crippen molar-refractivity contribution in [3.8, 4) is 11.3 Å². The fraction of sp³-hybridized carbons (Fsp3) is 0.0800. The number of aromatic nitrogens is 1. The van der Waals surface area contributed by atoms with E-state index in [2.05, 4.69) is 4.98 Å². The van der Waals surface area contributed by atoms with Gasteiger partial charge in [0.2, 0.25) is 0 Å². The second-order valence-corrected chi connectivity index (χ2v) is 6.95. The Kier molecular flexibility index (Phi) is 5.72. The first-order chi connectivity index (χ1) is 15.5. The maximum absolute atomic E-state index is 13.6. The average molecular weight is 426 g/mol. The molecule has 0 saturated heterocycles. The van der Waals surface area contributed by atoms with E-state index >= 15 is 0 Å². The lowest BCUT2D eigenvalue weighted by atomic mass is 9.91. The second kappa shape index (κ2) is 8.77. The highest BCUT2D eigenvalue weighted by molar-refractivity contribution is 6.22. The monoisotopic (exact) mass is 426 g/mol. The van der Waals surface area contributed by atoms with Gasteiger partial charge in [0.05, 0.1) is 28.3 Å². The van der Waals surface area contributed by atoms with Gasteiger partial charge in [-0.05, 0) is 25.1 Å². The number of carbonyl (C=O) groups excluding carboxylic acids is 2. The Balaban J connectivity index is 2.03. The molecule has 0 unspecified atom stereocenters. The molecule has 4 aromatic rings. The van der Waals surface area contributed by atoms with E-state index in [1.165, 1.54) is 24.3 Å². The molecule has 158 valence electrons. The Morgan fingerprint density at radius 3 is 2.22 bits per heavy atom. The lowest BCUT2D eigenvalue weighted by Gasteiger charge is -2.16. The van der Waals surface area contributed by atoms with E-state index in [0.29, 0.717) is 22.2 Å². The number of para-hydroxylation sites is 1. The number of nitrogens with zero attached hydrogens (tertiary/aromatic N) is 2. The van der Waals surface area contributed by atoms with Crippen molar-refractivity contribution in [3.63, 3.8) is 0 Å². The SMILES string of the molecule is CCOC(=O)c1c(-c2ccccc2)nc2ccccc2c1C(=O)c1ccc([N+](=O)[O-])cc1. The van der Waals surface area contributed by atoms with Crippen molar-refractivity contribution >= 4 is 28.3 Å². The van der Waals surface area contributed by atoms with E-state index in [0.717, 1.165) is 0 Å². The number of ketones is 1. The molecule has 0 aliphatic rings. The van der Waals surface area contributed by atoms with Crippen molar-refractivity contribution in [1.82, 2.24) is 4.98 Å². The minimum Gasteiger partial charge on any atom is -0.462 e. The number of non-ortho nitro benzene ring substituents is 1. The third kappa shape index (κ3) is 3.83. The zero-order valence-electron chi connectivity index (χ0n) is 17.1. The number of benzene rings is 3. The molecule has 0 spiro atoms. The molecular weight excluding hydrogens is 408 g/mol. The number of pyridine rings is 1. The summed E-state index contributed by atoms with van der Waals surface area (Å²) < 4.78 is 5.30. The number of fused-ring (bicyclic) bond motifs is 1. The van der Waals surface area contributed by atoms with E-state index in [-0.39, 0.29) is 29.0 Å². The van der Waals surface area contributed by atoms with Crippen LogP contribution in [0.15, 0.2) is 78.9 Å². The average Bonchev–Trinajstić information content (AvgIpc) is 2.83. The van der Waals surface area contributed by atoms with Gasteiger partial charge >= 0.3 is 5.97 Å². The number of nitro groups is 1. The highest BCUT2D eigenvalue weighted by Gasteiger charge is 2.28. The van der Waals surface area contributed by atoms with E-state index in [1.807, 2.05) is 18.2 Å². The van der Waals surface area contributed by atoms with Crippen molar-refractivity contribution in [2.24, 2.45) is 0 Å². The lowest BCUT2D eigenvalue weighted by Crippen LogP contribution is -2.16. The van der Waals surface area contributed by atoms with Crippen molar-refractivity contribution in [3.05, 3.63) is 106 Å². The third-order valence-electron chi connectivity index (χ3n) is 4.99. The van der Waals surface area contributed by atoms with Gasteiger partial charge in [-0.15, -0.1) is 0 Å². The van der Waals surface area contributed by atoms with Gasteiger partial charge in [-0.2, -0.15) is 0 Å². The van der Waals surface area contributed by atoms with Crippen LogP contribution >= 0.6 is 0 Å². The van der Waals surface area contributed by atoms with Crippen LogP contribution in [0.25, 0.3) is 22.2 Å². The Labute approximate surface area is 183 Å². The molecule has 4 rings (SSSR count). The number of hydrogen-bond acceptors (Lipinski definition) is 6. The number of hydrogen-bond donors (Lipinski definition) is 0. The topological polar surface area (TPSA) is 99.4 Å². The minimum atomic E-state index is -0.658. The number of carbonyl (C=O) groups is 2. The van der Waals surface area contributed by atoms with Crippen LogP contribution in [0.5, 0.6) is 0 Å². The zero-order chi connectivity index (χ0) is 22.7. The fourth-order valence-electron chi connectivity index (χ4n) is 3.53. The summed E-state index contributed by atoms with van der Waals surface area (Å²) in [4.78, 5) is 41.9. The van der Waals surface area contributed by atoms with Crippen molar-refractivity contribution in [2.45, 2.75) is 6.92 Å². The molecule has 0 aliphatic carbocycles. The highest BCUT2D eigenvalue weighted by Crippen LogP contribution is 2.32. The first kappa shape index (κ1) is 20.9. The lowest BCUT2D eigenvalue weighted by molar-refractivity contribution is -0.384. The van der Waals surface area contributed by atoms with Crippen LogP contribution in [0, 0.1) is 10.1 Å². The summed E-state index contributed by atoms with van der Waals surface area (Å²) in [5.41, 5.74) is 1.87. The molecule has 1 heterocycles. The molecule has 3 aromatic carbocycles. The van der Waals surface area contributed by atoms with Crippen LogP contribution in [0.1, 0.15) is 33.2 Å². The summed E-state index contributed by atoms with van der Waals surface area (Å²) >= 11 is 0. The van der Waals surface area contributed by atoms with Gasteiger partial charge in [0.1, 0.15) is 0 Å². The molecule has 0 bridgehead atoms. The maximum atomic E-state index is 13.6. The standard InChI is InChI=1S/C25H18N2O5/c1-2-32-25(29)22-21(24(28)17-12-14-18(15-13-17)27(30)31)19-10-6-7-11-20(19)26-23(22)16-8-4-3-5-9-16/h3-15H,2H2,1H3. The summed E-state index contributed by atoms with van der Waals surface area (Å²) in [6.45, 7) is 1.82. The van der Waals surface area contributed by atoms with Gasteiger partial charge < -0.3 is 4.74 Å². The van der Waals surface area contributed by atoms with Gasteiger partial charge in [0, 0.05) is 34.2 Å². The van der Waals surface area contributed by atoms with Gasteiger partial charge in [0.15, 0.2) is 5.78 Å². The molecular formula is C25H18N2O5. The maximum Gasteiger partial charge on any atom is 0.341 e. The van der Waals surface area contributed by atoms with Crippen LogP contribution in [0.3, 0.4) is 0 Å². The Morgan fingerprint density at radius 2 is 1.56 bits per heavy atom. The first-order valence-electron chi connectivity index (χ1n) is 9.95. The molecule has 7 heteroatoms. The smallest absolute Gasteiger partial charge is 0.341 e. The molecule has 1 aromatic heterocycles. The molecule has 32 heavy (non-hydrogen) atoms. The van der Waals surface area contributed by atoms with Crippen LogP contribution < -0.4 is 0 Å². The number of rotatable bonds is 6. The van der Waals surface area contributed by atoms with E-state index in [9.17, 15) is 19.7 Å². The van der Waals surface area contributed by atoms with Crippen molar-refractivity contribution in [2.75, 3.05) is 6.61 Å². The van der Waals surface area contributed by atoms with E-state index in [1.54, 1.807) is 43.3 Å². The second-order valence-electron chi connectivity index (χ2n) is 6.95. The molecule has 0 amide bonds. The van der Waals surface area contributed by atoms with Crippen molar-refractivity contribution < 1.29 is 19.2 Å². The predicted octanol–water partition coefficient (Wildman–Crippen LogP) is 5.22. The van der Waals surface area contributed by atoms with Gasteiger partial charge in [0.25, 0.3) is 5.69 Å². The molecule has 0 fully saturated rings. The largest absolute Gasteiger partial charge is 0.462 e. The quantitative estimate of drug-likeness (QED) is 0.181. The number of ether oxygens (including phenoxy) is 1. The summed E-state index contributed by atoms with van der Waals surface area (Å²) in [7, 11) is 0. The zero-order valence-corrected chi connectivity index (χ0v) is 17.1. The van der Waals surface area contributed by atoms with Gasteiger partial charge in [-0.25, -0.2) is 9.78 Å². The van der Waals surface area contributed by atoms with E-state index < -0.39 is 16.7 Å². The minimum absolute atomic E-state index is 0.0695. The molecule has 7 nitrogen and oxygen atoms in total. The third-order valence-corrected chi connectivity index (χ3v) is 4.99. The van der Waals surface area contributed by atoms with Crippen molar-refractivity contribution in [1.29, 1.82) is 0 Å². The Bertz CT molecular complexity index is 1330. The van der Waals surface area contributed by atoms with Gasteiger partial charge in [-0.3, -0.25) is 14.9 Å². The number of esters is 1. The molecule has 0 atom stereocenters. The number of nitro benzene ring substituents is 1. The highest BCUT2D eigenvalue weighted by atomic mass is 16.6. The summed E-state index contributed by atoms with van der Waals surface area (Å²) in [5.74, 6) is -1.10. The Hall–Kier alpha value is -4.39. The van der Waals surface area contributed by atoms with Gasteiger partial charge in [-0.1, -0.05) is 48.5 Å². The summed E-state index contributed by atoms with van der Waals surface area (Å²) in [6.07, 6.45) is 0. The van der Waals surface area contributed by atoms with E-state index in [4.69, 9.17) is 4.74 Å². The fourth-order valence-corrected chi connectivity index (χ4v) is 3.53. The molecule has 0 N–H and O–H groups in total. The molecule has 0 saturated carbocycles. The van der Waals surface area contributed by atoms with Crippen LogP contribution in [0.4, 0.5) is 5.69 Å². The Morgan fingerprint density at radius 1 is 0.906 bits per heavy atom. The summed E-state index contributed by atoms with van der Waals surface area (Å²) in [5, 5.41) is 11.5. The van der Waals surface area contributed by atoms with Crippen LogP contribution in [-0.2, 0) is 4.74 Å². The first-order valence-corrected chi connectivity index (χ1v) is 9.95. The molecule has 0 radical (unpaired) electrons. The van der Waals surface area contributed by atoms with Crippen LogP contribution in [-0.4, -0.2) is 28.3 Å². The van der Waals surface area contributed by atoms with Crippen LogP contribution in [0.2, 0.25) is 0 Å². The summed E-state index contributed by atoms with van der Waals surface area (Å²) in [6, 6.07) is 21.4. The normalized spacial score (nSPS) is 10.7. The molecule has 0 aliphatic heterocycles. The predicted molar refractivity (Wildman–Crippen MR) is 120 cm³/mol.